The van der Waals surface area contributed by atoms with Crippen LogP contribution in [0.1, 0.15) is 13.8 Å². The quantitative estimate of drug-likeness (QED) is 0.861. The molecule has 0 aromatic carbocycles. The van der Waals surface area contributed by atoms with Crippen molar-refractivity contribution in [2.24, 2.45) is 0 Å². The molecule has 74 valence electrons. The fourth-order valence-corrected chi connectivity index (χ4v) is 3.54. The summed E-state index contributed by atoms with van der Waals surface area (Å²) in [6.07, 6.45) is 0. The van der Waals surface area contributed by atoms with Crippen LogP contribution in [0, 0.1) is 0 Å². The molecule has 0 saturated carbocycles. The first kappa shape index (κ1) is 10.8. The number of anilines is 1. The Labute approximate surface area is 86.4 Å². The fraction of sp³-hybridized carbons (Fsp3) is 0.429. The van der Waals surface area contributed by atoms with E-state index in [1.54, 1.807) is 13.8 Å². The second-order valence-electron chi connectivity index (χ2n) is 2.87. The Balaban J connectivity index is 3.32. The molecule has 0 aliphatic heterocycles. The predicted octanol–water partition coefficient (Wildman–Crippen LogP) is 2.17. The molecular formula is C7H10ClNO2S2. The molecule has 0 fully saturated rings. The Kier molecular flexibility index (Phi) is 2.89. The highest BCUT2D eigenvalue weighted by atomic mass is 35.5. The average Bonchev–Trinajstić information content (AvgIpc) is 2.33. The second kappa shape index (κ2) is 3.48. The van der Waals surface area contributed by atoms with Crippen LogP contribution in [0.2, 0.25) is 5.02 Å². The minimum absolute atomic E-state index is 0.145. The number of rotatable bonds is 2. The maximum absolute atomic E-state index is 11.6. The summed E-state index contributed by atoms with van der Waals surface area (Å²) in [6, 6.07) is 0. The largest absolute Gasteiger partial charge is 0.389 e. The number of nitrogens with two attached hydrogens (primary N) is 1. The van der Waals surface area contributed by atoms with Gasteiger partial charge in [-0.1, -0.05) is 11.6 Å². The molecule has 0 unspecified atom stereocenters. The van der Waals surface area contributed by atoms with E-state index in [2.05, 4.69) is 0 Å². The van der Waals surface area contributed by atoms with E-state index < -0.39 is 15.1 Å². The third kappa shape index (κ3) is 1.82. The number of hydrogen-bond acceptors (Lipinski definition) is 4. The molecule has 0 spiro atoms. The van der Waals surface area contributed by atoms with Crippen molar-refractivity contribution in [3.63, 3.8) is 0 Å². The molecule has 0 atom stereocenters. The summed E-state index contributed by atoms with van der Waals surface area (Å²) in [7, 11) is -3.29. The van der Waals surface area contributed by atoms with Crippen LogP contribution in [-0.2, 0) is 9.84 Å². The van der Waals surface area contributed by atoms with E-state index in [1.807, 2.05) is 0 Å². The van der Waals surface area contributed by atoms with E-state index in [1.165, 1.54) is 5.38 Å². The minimum atomic E-state index is -3.29. The lowest BCUT2D eigenvalue weighted by Gasteiger charge is -2.05. The van der Waals surface area contributed by atoms with Gasteiger partial charge in [0.05, 0.1) is 15.2 Å². The normalized spacial score (nSPS) is 12.3. The number of nitrogen functional groups attached to an aromatic ring is 1. The van der Waals surface area contributed by atoms with Gasteiger partial charge in [0.1, 0.15) is 5.00 Å². The Morgan fingerprint density at radius 2 is 2.08 bits per heavy atom. The van der Waals surface area contributed by atoms with Crippen LogP contribution >= 0.6 is 22.9 Å². The molecule has 1 heterocycles. The molecule has 1 rings (SSSR count). The van der Waals surface area contributed by atoms with Crippen LogP contribution in [0.4, 0.5) is 5.00 Å². The average molecular weight is 240 g/mol. The first-order valence-corrected chi connectivity index (χ1v) is 6.44. The van der Waals surface area contributed by atoms with Crippen molar-refractivity contribution in [1.82, 2.24) is 0 Å². The molecule has 0 saturated heterocycles. The van der Waals surface area contributed by atoms with Gasteiger partial charge in [0, 0.05) is 5.38 Å². The van der Waals surface area contributed by atoms with Crippen molar-refractivity contribution in [2.45, 2.75) is 24.0 Å². The van der Waals surface area contributed by atoms with Gasteiger partial charge in [-0.25, -0.2) is 8.42 Å². The second-order valence-corrected chi connectivity index (χ2v) is 6.63. The van der Waals surface area contributed by atoms with E-state index >= 15 is 0 Å². The van der Waals surface area contributed by atoms with Crippen LogP contribution in [0.25, 0.3) is 0 Å². The van der Waals surface area contributed by atoms with Crippen molar-refractivity contribution in [2.75, 3.05) is 5.73 Å². The topological polar surface area (TPSA) is 60.2 Å². The summed E-state index contributed by atoms with van der Waals surface area (Å²) in [5.41, 5.74) is 5.46. The molecule has 0 amide bonds. The highest BCUT2D eigenvalue weighted by molar-refractivity contribution is 7.92. The van der Waals surface area contributed by atoms with Gasteiger partial charge in [0.15, 0.2) is 9.84 Å². The monoisotopic (exact) mass is 239 g/mol. The molecule has 1 aromatic rings. The highest BCUT2D eigenvalue weighted by Crippen LogP contribution is 2.35. The molecule has 0 aliphatic carbocycles. The third-order valence-corrected chi connectivity index (χ3v) is 5.42. The Morgan fingerprint density at radius 1 is 1.54 bits per heavy atom. The lowest BCUT2D eigenvalue weighted by atomic mass is 10.6. The molecule has 6 heteroatoms. The predicted molar refractivity (Wildman–Crippen MR) is 56.1 cm³/mol. The summed E-state index contributed by atoms with van der Waals surface area (Å²) in [6.45, 7) is 3.22. The summed E-state index contributed by atoms with van der Waals surface area (Å²) >= 11 is 6.89. The van der Waals surface area contributed by atoms with Crippen LogP contribution in [0.3, 0.4) is 0 Å². The molecule has 13 heavy (non-hydrogen) atoms. The SMILES string of the molecule is CC(C)S(=O)(=O)c1csc(N)c1Cl. The highest BCUT2D eigenvalue weighted by Gasteiger charge is 2.24. The number of hydrogen-bond donors (Lipinski definition) is 1. The molecule has 0 bridgehead atoms. The maximum atomic E-state index is 11.6. The lowest BCUT2D eigenvalue weighted by Crippen LogP contribution is -2.13. The smallest absolute Gasteiger partial charge is 0.183 e. The van der Waals surface area contributed by atoms with Gasteiger partial charge in [-0.15, -0.1) is 11.3 Å². The Morgan fingerprint density at radius 3 is 2.38 bits per heavy atom. The first-order chi connectivity index (χ1) is 5.87. The maximum Gasteiger partial charge on any atom is 0.183 e. The number of sulfone groups is 1. The van der Waals surface area contributed by atoms with Crippen molar-refractivity contribution in [3.05, 3.63) is 10.4 Å². The zero-order valence-electron chi connectivity index (χ0n) is 7.24. The van der Waals surface area contributed by atoms with E-state index in [4.69, 9.17) is 17.3 Å². The summed E-state index contributed by atoms with van der Waals surface area (Å²) in [5, 5.41) is 1.51. The zero-order chi connectivity index (χ0) is 10.2. The third-order valence-electron chi connectivity index (χ3n) is 1.65. The zero-order valence-corrected chi connectivity index (χ0v) is 9.63. The Bertz CT molecular complexity index is 408. The summed E-state index contributed by atoms with van der Waals surface area (Å²) in [5.74, 6) is 0. The van der Waals surface area contributed by atoms with Gasteiger partial charge in [-0.2, -0.15) is 0 Å². The summed E-state index contributed by atoms with van der Waals surface area (Å²) in [4.78, 5) is 0.145. The van der Waals surface area contributed by atoms with Crippen LogP contribution < -0.4 is 5.73 Å². The van der Waals surface area contributed by atoms with Gasteiger partial charge >= 0.3 is 0 Å². The van der Waals surface area contributed by atoms with E-state index in [9.17, 15) is 8.42 Å². The van der Waals surface area contributed by atoms with E-state index in [0.29, 0.717) is 5.00 Å². The van der Waals surface area contributed by atoms with E-state index in [-0.39, 0.29) is 9.92 Å². The van der Waals surface area contributed by atoms with Crippen LogP contribution in [0.5, 0.6) is 0 Å². The molecule has 0 radical (unpaired) electrons. The summed E-state index contributed by atoms with van der Waals surface area (Å²) < 4.78 is 23.3. The molecule has 2 N–H and O–H groups in total. The molecule has 3 nitrogen and oxygen atoms in total. The molecular weight excluding hydrogens is 230 g/mol. The number of thiophene rings is 1. The van der Waals surface area contributed by atoms with Gasteiger partial charge in [0.25, 0.3) is 0 Å². The fourth-order valence-electron chi connectivity index (χ4n) is 0.788. The van der Waals surface area contributed by atoms with Gasteiger partial charge in [0.2, 0.25) is 0 Å². The van der Waals surface area contributed by atoms with Crippen LogP contribution in [-0.4, -0.2) is 13.7 Å². The van der Waals surface area contributed by atoms with Gasteiger partial charge in [-0.05, 0) is 13.8 Å². The van der Waals surface area contributed by atoms with Gasteiger partial charge in [-0.3, -0.25) is 0 Å². The van der Waals surface area contributed by atoms with Crippen molar-refractivity contribution >= 4 is 37.8 Å². The van der Waals surface area contributed by atoms with E-state index in [0.717, 1.165) is 11.3 Å². The minimum Gasteiger partial charge on any atom is -0.389 e. The Hall–Kier alpha value is -0.260. The molecule has 1 aromatic heterocycles. The number of halogens is 1. The lowest BCUT2D eigenvalue weighted by molar-refractivity contribution is 0.588. The van der Waals surface area contributed by atoms with Crippen LogP contribution in [0.15, 0.2) is 10.3 Å². The first-order valence-electron chi connectivity index (χ1n) is 3.63. The standard InChI is InChI=1S/C7H10ClNO2S2/c1-4(2)13(10,11)5-3-12-7(9)6(5)8/h3-4H,9H2,1-2H3. The van der Waals surface area contributed by atoms with Gasteiger partial charge < -0.3 is 5.73 Å². The van der Waals surface area contributed by atoms with Crippen molar-refractivity contribution in [3.8, 4) is 0 Å². The van der Waals surface area contributed by atoms with Crippen molar-refractivity contribution < 1.29 is 8.42 Å². The molecule has 0 aliphatic rings. The van der Waals surface area contributed by atoms with Crippen molar-refractivity contribution in [1.29, 1.82) is 0 Å².